The van der Waals surface area contributed by atoms with Gasteiger partial charge in [-0.15, -0.1) is 0 Å². The van der Waals surface area contributed by atoms with Crippen LogP contribution in [-0.2, 0) is 0 Å². The van der Waals surface area contributed by atoms with Gasteiger partial charge in [-0.1, -0.05) is 6.92 Å². The van der Waals surface area contributed by atoms with Crippen molar-refractivity contribution in [1.82, 2.24) is 14.8 Å². The van der Waals surface area contributed by atoms with E-state index in [9.17, 15) is 4.79 Å². The number of piperidine rings is 1. The van der Waals surface area contributed by atoms with Crippen molar-refractivity contribution < 1.29 is 4.79 Å². The average molecular weight is 326 g/mol. The molecule has 2 rings (SSSR count). The van der Waals surface area contributed by atoms with E-state index in [4.69, 9.17) is 0 Å². The van der Waals surface area contributed by atoms with E-state index in [-0.39, 0.29) is 5.91 Å². The van der Waals surface area contributed by atoms with Crippen molar-refractivity contribution >= 4 is 21.8 Å². The Labute approximate surface area is 122 Å². The predicted octanol–water partition coefficient (Wildman–Crippen LogP) is 2.40. The molecule has 1 aromatic rings. The van der Waals surface area contributed by atoms with Crippen LogP contribution in [0.4, 0.5) is 0 Å². The van der Waals surface area contributed by atoms with Gasteiger partial charge in [0.25, 0.3) is 5.91 Å². The van der Waals surface area contributed by atoms with Crippen LogP contribution in [0, 0.1) is 0 Å². The molecule has 1 aliphatic rings. The Kier molecular flexibility index (Phi) is 4.93. The third kappa shape index (κ3) is 3.34. The molecule has 5 heteroatoms. The molecule has 0 aliphatic carbocycles. The number of halogens is 1. The zero-order valence-electron chi connectivity index (χ0n) is 11.5. The molecule has 0 radical (unpaired) electrons. The molecule has 4 nitrogen and oxygen atoms in total. The highest BCUT2D eigenvalue weighted by molar-refractivity contribution is 9.10. The molecule has 1 aromatic heterocycles. The minimum absolute atomic E-state index is 0.0509. The van der Waals surface area contributed by atoms with Gasteiger partial charge in [0.2, 0.25) is 0 Å². The fraction of sp³-hybridized carbons (Fsp3) is 0.571. The fourth-order valence-corrected chi connectivity index (χ4v) is 2.94. The van der Waals surface area contributed by atoms with Crippen LogP contribution in [0.25, 0.3) is 0 Å². The Hall–Kier alpha value is -0.940. The highest BCUT2D eigenvalue weighted by atomic mass is 79.9. The number of aromatic nitrogens is 1. The second-order valence-electron chi connectivity index (χ2n) is 4.92. The summed E-state index contributed by atoms with van der Waals surface area (Å²) < 4.78 is 0.623. The fourth-order valence-electron chi connectivity index (χ4n) is 2.52. The molecule has 1 fully saturated rings. The largest absolute Gasteiger partial charge is 0.339 e. The molecule has 1 aliphatic heterocycles. The van der Waals surface area contributed by atoms with Crippen LogP contribution in [0.1, 0.15) is 30.1 Å². The molecule has 0 bridgehead atoms. The van der Waals surface area contributed by atoms with E-state index in [1.54, 1.807) is 12.3 Å². The van der Waals surface area contributed by atoms with Gasteiger partial charge in [0, 0.05) is 32.4 Å². The summed E-state index contributed by atoms with van der Waals surface area (Å²) in [6, 6.07) is 3.95. The molecule has 19 heavy (non-hydrogen) atoms. The number of pyridine rings is 1. The first-order valence-electron chi connectivity index (χ1n) is 6.73. The molecule has 1 saturated heterocycles. The predicted molar refractivity (Wildman–Crippen MR) is 79.2 cm³/mol. The standard InChI is InChI=1S/C14H20BrN3O/c1-3-18-9-6-11(7-10-18)17(2)14(19)12-5-4-8-16-13(12)15/h4-5,8,11H,3,6-7,9-10H2,1-2H3. The zero-order chi connectivity index (χ0) is 13.8. The van der Waals surface area contributed by atoms with Crippen LogP contribution in [-0.4, -0.2) is 53.4 Å². The second kappa shape index (κ2) is 6.48. The second-order valence-corrected chi connectivity index (χ2v) is 5.67. The molecule has 0 unspecified atom stereocenters. The summed E-state index contributed by atoms with van der Waals surface area (Å²) in [6.45, 7) is 5.43. The van der Waals surface area contributed by atoms with Crippen LogP contribution in [0.5, 0.6) is 0 Å². The van der Waals surface area contributed by atoms with E-state index in [1.165, 1.54) is 0 Å². The Bertz CT molecular complexity index is 444. The Morgan fingerprint density at radius 1 is 1.53 bits per heavy atom. The van der Waals surface area contributed by atoms with Crippen molar-refractivity contribution in [2.24, 2.45) is 0 Å². The van der Waals surface area contributed by atoms with E-state index in [1.807, 2.05) is 18.0 Å². The number of carbonyl (C=O) groups excluding carboxylic acids is 1. The van der Waals surface area contributed by atoms with E-state index < -0.39 is 0 Å². The maximum atomic E-state index is 12.5. The molecule has 0 atom stereocenters. The molecule has 1 amide bonds. The summed E-state index contributed by atoms with van der Waals surface area (Å²) in [5.41, 5.74) is 0.642. The first-order chi connectivity index (χ1) is 9.13. The maximum absolute atomic E-state index is 12.5. The van der Waals surface area contributed by atoms with Gasteiger partial charge in [0.1, 0.15) is 4.60 Å². The quantitative estimate of drug-likeness (QED) is 0.801. The van der Waals surface area contributed by atoms with Crippen molar-refractivity contribution in [2.45, 2.75) is 25.8 Å². The van der Waals surface area contributed by atoms with Gasteiger partial charge in [-0.25, -0.2) is 4.98 Å². The van der Waals surface area contributed by atoms with E-state index >= 15 is 0 Å². The summed E-state index contributed by atoms with van der Waals surface area (Å²) in [5, 5.41) is 0. The van der Waals surface area contributed by atoms with Gasteiger partial charge in [-0.2, -0.15) is 0 Å². The van der Waals surface area contributed by atoms with Crippen molar-refractivity contribution in [3.05, 3.63) is 28.5 Å². The van der Waals surface area contributed by atoms with Crippen molar-refractivity contribution in [1.29, 1.82) is 0 Å². The minimum Gasteiger partial charge on any atom is -0.339 e. The van der Waals surface area contributed by atoms with Crippen LogP contribution in [0.15, 0.2) is 22.9 Å². The number of carbonyl (C=O) groups is 1. The number of hydrogen-bond acceptors (Lipinski definition) is 3. The van der Waals surface area contributed by atoms with Gasteiger partial charge < -0.3 is 9.80 Å². The van der Waals surface area contributed by atoms with Crippen molar-refractivity contribution in [3.63, 3.8) is 0 Å². The first kappa shape index (κ1) is 14.5. The highest BCUT2D eigenvalue weighted by Gasteiger charge is 2.26. The molecule has 2 heterocycles. The van der Waals surface area contributed by atoms with Crippen LogP contribution in [0.3, 0.4) is 0 Å². The molecule has 0 spiro atoms. The van der Waals surface area contributed by atoms with Gasteiger partial charge in [-0.3, -0.25) is 4.79 Å². The zero-order valence-corrected chi connectivity index (χ0v) is 13.1. The molecule has 0 saturated carbocycles. The third-order valence-electron chi connectivity index (χ3n) is 3.86. The third-order valence-corrected chi connectivity index (χ3v) is 4.49. The molecule has 104 valence electrons. The van der Waals surface area contributed by atoms with E-state index in [0.29, 0.717) is 16.2 Å². The average Bonchev–Trinajstić information content (AvgIpc) is 2.46. The summed E-state index contributed by atoms with van der Waals surface area (Å²) in [6.07, 6.45) is 3.78. The van der Waals surface area contributed by atoms with Gasteiger partial charge in [-0.05, 0) is 47.4 Å². The minimum atomic E-state index is 0.0509. The van der Waals surface area contributed by atoms with Crippen molar-refractivity contribution in [2.75, 3.05) is 26.7 Å². The van der Waals surface area contributed by atoms with E-state index in [0.717, 1.165) is 32.5 Å². The normalized spacial score (nSPS) is 17.4. The topological polar surface area (TPSA) is 36.4 Å². The summed E-state index contributed by atoms with van der Waals surface area (Å²) in [7, 11) is 1.90. The smallest absolute Gasteiger partial charge is 0.256 e. The lowest BCUT2D eigenvalue weighted by molar-refractivity contribution is 0.0645. The number of hydrogen-bond donors (Lipinski definition) is 0. The summed E-state index contributed by atoms with van der Waals surface area (Å²) in [5.74, 6) is 0.0509. The molecular weight excluding hydrogens is 306 g/mol. The number of amides is 1. The highest BCUT2D eigenvalue weighted by Crippen LogP contribution is 2.20. The van der Waals surface area contributed by atoms with Gasteiger partial charge >= 0.3 is 0 Å². The molecule has 0 aromatic carbocycles. The maximum Gasteiger partial charge on any atom is 0.256 e. The summed E-state index contributed by atoms with van der Waals surface area (Å²) in [4.78, 5) is 20.9. The first-order valence-corrected chi connectivity index (χ1v) is 7.52. The Morgan fingerprint density at radius 3 is 2.79 bits per heavy atom. The van der Waals surface area contributed by atoms with Crippen molar-refractivity contribution in [3.8, 4) is 0 Å². The number of likely N-dealkylation sites (tertiary alicyclic amines) is 1. The lowest BCUT2D eigenvalue weighted by atomic mass is 10.0. The van der Waals surface area contributed by atoms with Gasteiger partial charge in [0.15, 0.2) is 0 Å². The van der Waals surface area contributed by atoms with E-state index in [2.05, 4.69) is 32.7 Å². The van der Waals surface area contributed by atoms with Crippen LogP contribution >= 0.6 is 15.9 Å². The van der Waals surface area contributed by atoms with Crippen LogP contribution in [0.2, 0.25) is 0 Å². The number of nitrogens with zero attached hydrogens (tertiary/aromatic N) is 3. The lowest BCUT2D eigenvalue weighted by Crippen LogP contribution is -2.45. The number of rotatable bonds is 3. The monoisotopic (exact) mass is 325 g/mol. The SMILES string of the molecule is CCN1CCC(N(C)C(=O)c2cccnc2Br)CC1. The summed E-state index contributed by atoms with van der Waals surface area (Å²) >= 11 is 3.34. The Morgan fingerprint density at radius 2 is 2.21 bits per heavy atom. The van der Waals surface area contributed by atoms with Gasteiger partial charge in [0.05, 0.1) is 5.56 Å². The van der Waals surface area contributed by atoms with Crippen LogP contribution < -0.4 is 0 Å². The lowest BCUT2D eigenvalue weighted by Gasteiger charge is -2.36. The molecule has 0 N–H and O–H groups in total. The molecular formula is C14H20BrN3O. The Balaban J connectivity index is 2.02.